The first-order valence-electron chi connectivity index (χ1n) is 7.77. The molecular weight excluding hydrogens is 324 g/mol. The Hall–Kier alpha value is -2.18. The van der Waals surface area contributed by atoms with Crippen LogP contribution in [0.2, 0.25) is 0 Å². The van der Waals surface area contributed by atoms with Crippen LogP contribution in [0.1, 0.15) is 32.6 Å². The molecule has 0 radical (unpaired) electrons. The van der Waals surface area contributed by atoms with Crippen molar-refractivity contribution in [2.45, 2.75) is 31.7 Å². The van der Waals surface area contributed by atoms with Gasteiger partial charge in [-0.05, 0) is 54.7 Å². The highest BCUT2D eigenvalue weighted by molar-refractivity contribution is 7.89. The maximum atomic E-state index is 12.8. The zero-order valence-electron chi connectivity index (χ0n) is 13.7. The highest BCUT2D eigenvalue weighted by Gasteiger charge is 2.24. The van der Waals surface area contributed by atoms with Gasteiger partial charge < -0.3 is 4.90 Å². The molecule has 1 heterocycles. The van der Waals surface area contributed by atoms with Gasteiger partial charge in [-0.1, -0.05) is 24.3 Å². The van der Waals surface area contributed by atoms with Crippen LogP contribution >= 0.6 is 0 Å². The van der Waals surface area contributed by atoms with Crippen molar-refractivity contribution in [1.82, 2.24) is 4.90 Å². The number of fused-ring (bicyclic) bond motifs is 1. The maximum absolute atomic E-state index is 12.8. The van der Waals surface area contributed by atoms with Crippen molar-refractivity contribution >= 4 is 15.9 Å². The van der Waals surface area contributed by atoms with Gasteiger partial charge in [0, 0.05) is 18.7 Å². The van der Waals surface area contributed by atoms with Crippen LogP contribution in [-0.2, 0) is 23.0 Å². The lowest BCUT2D eigenvalue weighted by molar-refractivity contribution is 0.0734. The molecule has 0 unspecified atom stereocenters. The van der Waals surface area contributed by atoms with Crippen molar-refractivity contribution in [3.05, 3.63) is 64.2 Å². The Morgan fingerprint density at radius 2 is 1.79 bits per heavy atom. The van der Waals surface area contributed by atoms with Gasteiger partial charge in [-0.2, -0.15) is 0 Å². The lowest BCUT2D eigenvalue weighted by Crippen LogP contribution is -2.36. The van der Waals surface area contributed by atoms with Crippen molar-refractivity contribution in [2.24, 2.45) is 5.14 Å². The third-order valence-corrected chi connectivity index (χ3v) is 5.63. The number of sulfonamides is 1. The maximum Gasteiger partial charge on any atom is 0.254 e. The molecule has 126 valence electrons. The highest BCUT2D eigenvalue weighted by atomic mass is 32.2. The monoisotopic (exact) mass is 344 g/mol. The molecule has 0 aromatic heterocycles. The van der Waals surface area contributed by atoms with Crippen molar-refractivity contribution in [3.63, 3.8) is 0 Å². The van der Waals surface area contributed by atoms with Gasteiger partial charge in [-0.3, -0.25) is 4.79 Å². The average Bonchev–Trinajstić information content (AvgIpc) is 2.55. The summed E-state index contributed by atoms with van der Waals surface area (Å²) in [6, 6.07) is 11.2. The second-order valence-electron chi connectivity index (χ2n) is 6.21. The number of hydrogen-bond acceptors (Lipinski definition) is 3. The van der Waals surface area contributed by atoms with E-state index >= 15 is 0 Å². The Morgan fingerprint density at radius 3 is 2.46 bits per heavy atom. The molecule has 2 aromatic rings. The molecule has 3 rings (SSSR count). The highest BCUT2D eigenvalue weighted by Crippen LogP contribution is 2.24. The minimum atomic E-state index is -3.86. The number of carbonyl (C=O) groups excluding carboxylic acids is 1. The summed E-state index contributed by atoms with van der Waals surface area (Å²) in [5.74, 6) is -0.169. The Morgan fingerprint density at radius 1 is 1.12 bits per heavy atom. The van der Waals surface area contributed by atoms with Crippen LogP contribution < -0.4 is 5.14 Å². The lowest BCUT2D eigenvalue weighted by Gasteiger charge is -2.29. The molecule has 0 aliphatic carbocycles. The molecule has 24 heavy (non-hydrogen) atoms. The smallest absolute Gasteiger partial charge is 0.254 e. The SMILES string of the molecule is Cc1cc(C(=O)N2CCc3ccccc3C2)cc(S(N)(=O)=O)c1C. The molecule has 0 bridgehead atoms. The summed E-state index contributed by atoms with van der Waals surface area (Å²) in [6.45, 7) is 4.63. The summed E-state index contributed by atoms with van der Waals surface area (Å²) in [5, 5.41) is 5.28. The van der Waals surface area contributed by atoms with Gasteiger partial charge in [0.25, 0.3) is 5.91 Å². The van der Waals surface area contributed by atoms with Crippen molar-refractivity contribution in [2.75, 3.05) is 6.54 Å². The Balaban J connectivity index is 1.96. The third-order valence-electron chi connectivity index (χ3n) is 4.59. The number of nitrogens with zero attached hydrogens (tertiary/aromatic N) is 1. The molecule has 2 aromatic carbocycles. The summed E-state index contributed by atoms with van der Waals surface area (Å²) in [7, 11) is -3.86. The fourth-order valence-electron chi connectivity index (χ4n) is 3.10. The van der Waals surface area contributed by atoms with E-state index in [0.29, 0.717) is 24.2 Å². The quantitative estimate of drug-likeness (QED) is 0.906. The number of carbonyl (C=O) groups is 1. The normalized spacial score (nSPS) is 14.4. The first kappa shape index (κ1) is 16.7. The number of nitrogens with two attached hydrogens (primary N) is 1. The zero-order valence-corrected chi connectivity index (χ0v) is 14.6. The van der Waals surface area contributed by atoms with E-state index in [1.165, 1.54) is 11.6 Å². The third kappa shape index (κ3) is 3.07. The summed E-state index contributed by atoms with van der Waals surface area (Å²) in [5.41, 5.74) is 4.07. The largest absolute Gasteiger partial charge is 0.334 e. The Bertz CT molecular complexity index is 920. The van der Waals surface area contributed by atoms with Crippen LogP contribution in [0.4, 0.5) is 0 Å². The Labute approximate surface area is 142 Å². The fourth-order valence-corrected chi connectivity index (χ4v) is 3.98. The molecule has 1 amide bonds. The van der Waals surface area contributed by atoms with E-state index < -0.39 is 10.0 Å². The van der Waals surface area contributed by atoms with Crippen molar-refractivity contribution < 1.29 is 13.2 Å². The summed E-state index contributed by atoms with van der Waals surface area (Å²) < 4.78 is 23.5. The van der Waals surface area contributed by atoms with Gasteiger partial charge in [0.1, 0.15) is 0 Å². The molecule has 1 aliphatic heterocycles. The van der Waals surface area contributed by atoms with E-state index in [4.69, 9.17) is 5.14 Å². The number of rotatable bonds is 2. The molecule has 0 saturated carbocycles. The molecule has 0 atom stereocenters. The van der Waals surface area contributed by atoms with Gasteiger partial charge in [0.2, 0.25) is 10.0 Å². The predicted octanol–water partition coefficient (Wildman–Crippen LogP) is 2.15. The van der Waals surface area contributed by atoms with E-state index in [1.807, 2.05) is 18.2 Å². The molecule has 5 nitrogen and oxygen atoms in total. The number of primary sulfonamides is 1. The van der Waals surface area contributed by atoms with Crippen LogP contribution in [0.3, 0.4) is 0 Å². The van der Waals surface area contributed by atoms with Crippen molar-refractivity contribution in [3.8, 4) is 0 Å². The minimum Gasteiger partial charge on any atom is -0.334 e. The second kappa shape index (κ2) is 6.03. The topological polar surface area (TPSA) is 80.5 Å². The number of benzene rings is 2. The number of amides is 1. The van der Waals surface area contributed by atoms with Crippen LogP contribution in [0, 0.1) is 13.8 Å². The fraction of sp³-hybridized carbons (Fsp3) is 0.278. The summed E-state index contributed by atoms with van der Waals surface area (Å²) >= 11 is 0. The van der Waals surface area contributed by atoms with Crippen LogP contribution in [0.15, 0.2) is 41.3 Å². The molecule has 6 heteroatoms. The van der Waals surface area contributed by atoms with Gasteiger partial charge in [-0.25, -0.2) is 13.6 Å². The van der Waals surface area contributed by atoms with Crippen LogP contribution in [0.25, 0.3) is 0 Å². The zero-order chi connectivity index (χ0) is 17.5. The van der Waals surface area contributed by atoms with E-state index in [2.05, 4.69) is 6.07 Å². The first-order valence-corrected chi connectivity index (χ1v) is 9.32. The first-order chi connectivity index (χ1) is 11.3. The van der Waals surface area contributed by atoms with E-state index in [1.54, 1.807) is 24.8 Å². The standard InChI is InChI=1S/C18H20N2O3S/c1-12-9-16(10-17(13(12)2)24(19,22)23)18(21)20-8-7-14-5-3-4-6-15(14)11-20/h3-6,9-10H,7-8,11H2,1-2H3,(H2,19,22,23). The molecule has 0 fully saturated rings. The molecule has 0 saturated heterocycles. The van der Waals surface area contributed by atoms with E-state index in [9.17, 15) is 13.2 Å². The number of aryl methyl sites for hydroxylation is 1. The molecular formula is C18H20N2O3S. The minimum absolute atomic E-state index is 0.0169. The molecule has 2 N–H and O–H groups in total. The van der Waals surface area contributed by atoms with Crippen LogP contribution in [0.5, 0.6) is 0 Å². The second-order valence-corrected chi connectivity index (χ2v) is 7.74. The molecule has 1 aliphatic rings. The van der Waals surface area contributed by atoms with Gasteiger partial charge >= 0.3 is 0 Å². The van der Waals surface area contributed by atoms with Gasteiger partial charge in [0.05, 0.1) is 4.90 Å². The van der Waals surface area contributed by atoms with Gasteiger partial charge in [0.15, 0.2) is 0 Å². The summed E-state index contributed by atoms with van der Waals surface area (Å²) in [4.78, 5) is 14.6. The summed E-state index contributed by atoms with van der Waals surface area (Å²) in [6.07, 6.45) is 0.800. The number of hydrogen-bond donors (Lipinski definition) is 1. The van der Waals surface area contributed by atoms with Crippen LogP contribution in [-0.4, -0.2) is 25.8 Å². The lowest BCUT2D eigenvalue weighted by atomic mass is 9.98. The average molecular weight is 344 g/mol. The molecule has 0 spiro atoms. The van der Waals surface area contributed by atoms with Crippen molar-refractivity contribution in [1.29, 1.82) is 0 Å². The van der Waals surface area contributed by atoms with E-state index in [0.717, 1.165) is 17.5 Å². The predicted molar refractivity (Wildman–Crippen MR) is 92.2 cm³/mol. The van der Waals surface area contributed by atoms with E-state index in [-0.39, 0.29) is 10.8 Å². The Kier molecular flexibility index (Phi) is 4.19. The van der Waals surface area contributed by atoms with Gasteiger partial charge in [-0.15, -0.1) is 0 Å².